The number of aromatic nitrogens is 3. The minimum absolute atomic E-state index is 0.184. The monoisotopic (exact) mass is 510 g/mol. The molecule has 1 saturated heterocycles. The third-order valence-corrected chi connectivity index (χ3v) is 8.66. The second kappa shape index (κ2) is 12.0. The summed E-state index contributed by atoms with van der Waals surface area (Å²) in [6.45, 7) is 4.84. The molecule has 3 aliphatic rings. The van der Waals surface area contributed by atoms with Gasteiger partial charge in [0.05, 0.1) is 23.4 Å². The van der Waals surface area contributed by atoms with Gasteiger partial charge in [-0.25, -0.2) is 15.0 Å². The van der Waals surface area contributed by atoms with Gasteiger partial charge in [0.1, 0.15) is 5.03 Å². The number of hydrogen-bond acceptors (Lipinski definition) is 9. The van der Waals surface area contributed by atoms with Crippen LogP contribution >= 0.6 is 11.8 Å². The van der Waals surface area contributed by atoms with Crippen molar-refractivity contribution in [2.45, 2.75) is 94.0 Å². The van der Waals surface area contributed by atoms with E-state index in [1.54, 1.807) is 18.9 Å². The van der Waals surface area contributed by atoms with E-state index in [9.17, 15) is 5.11 Å². The number of aliphatic hydroxyl groups is 1. The molecule has 1 aliphatic carbocycles. The number of nitrogens with one attached hydrogen (secondary N) is 1. The van der Waals surface area contributed by atoms with Gasteiger partial charge in [-0.05, 0) is 75.5 Å². The van der Waals surface area contributed by atoms with Gasteiger partial charge in [0.2, 0.25) is 5.95 Å². The Kier molecular flexibility index (Phi) is 8.51. The van der Waals surface area contributed by atoms with Crippen molar-refractivity contribution in [3.8, 4) is 0 Å². The number of methoxy groups -OCH3 is 1. The average molecular weight is 511 g/mol. The summed E-state index contributed by atoms with van der Waals surface area (Å²) >= 11 is 1.67. The summed E-state index contributed by atoms with van der Waals surface area (Å²) in [6, 6.07) is 6.95. The maximum absolute atomic E-state index is 9.90. The van der Waals surface area contributed by atoms with E-state index in [0.717, 1.165) is 80.4 Å². The Morgan fingerprint density at radius 1 is 1.19 bits per heavy atom. The zero-order valence-corrected chi connectivity index (χ0v) is 22.2. The molecular weight excluding hydrogens is 472 g/mol. The fourth-order valence-electron chi connectivity index (χ4n) is 5.51. The summed E-state index contributed by atoms with van der Waals surface area (Å²) in [5.74, 6) is 1.80. The van der Waals surface area contributed by atoms with E-state index < -0.39 is 0 Å². The molecule has 2 aromatic heterocycles. The minimum atomic E-state index is -0.184. The molecule has 9 heteroatoms. The molecule has 2 N–H and O–H groups in total. The number of thioether (sulfide) groups is 1. The van der Waals surface area contributed by atoms with Crippen LogP contribution in [-0.4, -0.2) is 68.5 Å². The molecule has 2 unspecified atom stereocenters. The molecule has 4 heterocycles. The Morgan fingerprint density at radius 2 is 2.06 bits per heavy atom. The highest BCUT2D eigenvalue weighted by molar-refractivity contribution is 8.14. The van der Waals surface area contributed by atoms with Crippen LogP contribution in [0.5, 0.6) is 0 Å². The molecule has 0 bridgehead atoms. The summed E-state index contributed by atoms with van der Waals surface area (Å²) in [5.41, 5.74) is 2.28. The van der Waals surface area contributed by atoms with Crippen LogP contribution in [0.25, 0.3) is 0 Å². The van der Waals surface area contributed by atoms with Crippen molar-refractivity contribution >= 4 is 28.6 Å². The van der Waals surface area contributed by atoms with Gasteiger partial charge >= 0.3 is 0 Å². The zero-order chi connectivity index (χ0) is 24.9. The molecule has 5 rings (SSSR count). The maximum Gasteiger partial charge on any atom is 0.225 e. The highest BCUT2D eigenvalue weighted by atomic mass is 32.2. The van der Waals surface area contributed by atoms with Crippen LogP contribution in [0.2, 0.25) is 0 Å². The highest BCUT2D eigenvalue weighted by Gasteiger charge is 2.26. The topological polar surface area (TPSA) is 95.8 Å². The summed E-state index contributed by atoms with van der Waals surface area (Å²) in [6.07, 6.45) is 9.47. The zero-order valence-electron chi connectivity index (χ0n) is 21.4. The van der Waals surface area contributed by atoms with Crippen LogP contribution in [0.3, 0.4) is 0 Å². The number of rotatable bonds is 7. The Labute approximate surface area is 218 Å². The Morgan fingerprint density at radius 3 is 2.89 bits per heavy atom. The molecule has 0 radical (unpaired) electrons. The normalized spacial score (nSPS) is 28.1. The predicted molar refractivity (Wildman–Crippen MR) is 144 cm³/mol. The molecule has 8 nitrogen and oxygen atoms in total. The van der Waals surface area contributed by atoms with Gasteiger partial charge < -0.3 is 15.2 Å². The van der Waals surface area contributed by atoms with Gasteiger partial charge in [-0.2, -0.15) is 4.98 Å². The number of pyridine rings is 1. The number of aliphatic imine (C=N–C) groups is 1. The lowest BCUT2D eigenvalue weighted by atomic mass is 9.93. The molecular formula is C27H38N6O2S. The molecule has 2 atom stereocenters. The largest absolute Gasteiger partial charge is 0.393 e. The second-order valence-corrected chi connectivity index (χ2v) is 11.4. The number of likely N-dealkylation sites (tertiary alicyclic amines) is 1. The van der Waals surface area contributed by atoms with E-state index >= 15 is 0 Å². The molecule has 1 saturated carbocycles. The molecule has 0 amide bonds. The van der Waals surface area contributed by atoms with Crippen molar-refractivity contribution < 1.29 is 9.84 Å². The first-order valence-electron chi connectivity index (χ1n) is 13.3. The van der Waals surface area contributed by atoms with Crippen LogP contribution in [-0.2, 0) is 11.3 Å². The standard InChI is InChI=1S/C27H38N6O2S/c1-18-7-12-25(36-26-23(18)6-3-13-28-26)31-24-15-20(16-33-14-4-5-21(33)17-35-2)30-27(32-24)29-19-8-10-22(34)11-9-19/h3,6,13,15,18-19,21-22,34H,4-5,7-12,14,16-17H2,1-2H3,(H,29,30,32). The van der Waals surface area contributed by atoms with Gasteiger partial charge in [-0.1, -0.05) is 24.8 Å². The van der Waals surface area contributed by atoms with Crippen molar-refractivity contribution in [1.29, 1.82) is 0 Å². The van der Waals surface area contributed by atoms with Crippen molar-refractivity contribution in [3.63, 3.8) is 0 Å². The molecule has 0 spiro atoms. The van der Waals surface area contributed by atoms with Crippen LogP contribution in [0.4, 0.5) is 11.8 Å². The first kappa shape index (κ1) is 25.6. The SMILES string of the molecule is COCC1CCCN1Cc1cc(N=C2CCC(C)c3cccnc3S2)nc(NC2CCC(O)CC2)n1. The van der Waals surface area contributed by atoms with Crippen LogP contribution in [0.15, 0.2) is 34.4 Å². The number of hydrogen-bond donors (Lipinski definition) is 2. The molecule has 0 aromatic carbocycles. The van der Waals surface area contributed by atoms with Crippen molar-refractivity contribution in [2.75, 3.05) is 25.6 Å². The minimum Gasteiger partial charge on any atom is -0.393 e. The molecule has 2 aliphatic heterocycles. The van der Waals surface area contributed by atoms with Gasteiger partial charge in [0.15, 0.2) is 5.82 Å². The third kappa shape index (κ3) is 6.43. The number of fused-ring (bicyclic) bond motifs is 1. The Hall–Kier alpha value is -2.07. The quantitative estimate of drug-likeness (QED) is 0.542. The lowest BCUT2D eigenvalue weighted by molar-refractivity contribution is 0.111. The lowest BCUT2D eigenvalue weighted by Crippen LogP contribution is -2.33. The Balaban J connectivity index is 1.40. The summed E-state index contributed by atoms with van der Waals surface area (Å²) in [5, 5.41) is 15.6. The summed E-state index contributed by atoms with van der Waals surface area (Å²) < 4.78 is 5.46. The van der Waals surface area contributed by atoms with E-state index in [0.29, 0.717) is 23.7 Å². The number of aliphatic hydroxyl groups excluding tert-OH is 1. The van der Waals surface area contributed by atoms with E-state index in [2.05, 4.69) is 28.2 Å². The lowest BCUT2D eigenvalue weighted by Gasteiger charge is -2.27. The third-order valence-electron chi connectivity index (χ3n) is 7.60. The first-order valence-corrected chi connectivity index (χ1v) is 14.1. The fourth-order valence-corrected chi connectivity index (χ4v) is 6.59. The molecule has 36 heavy (non-hydrogen) atoms. The van der Waals surface area contributed by atoms with Crippen LogP contribution < -0.4 is 5.32 Å². The smallest absolute Gasteiger partial charge is 0.225 e. The van der Waals surface area contributed by atoms with Crippen molar-refractivity contribution in [3.05, 3.63) is 35.7 Å². The number of ether oxygens (including phenoxy) is 1. The van der Waals surface area contributed by atoms with E-state index in [-0.39, 0.29) is 12.1 Å². The van der Waals surface area contributed by atoms with Crippen molar-refractivity contribution in [2.24, 2.45) is 4.99 Å². The van der Waals surface area contributed by atoms with Crippen LogP contribution in [0.1, 0.15) is 75.5 Å². The summed E-state index contributed by atoms with van der Waals surface area (Å²) in [4.78, 5) is 21.9. The average Bonchev–Trinajstić information content (AvgIpc) is 3.23. The highest BCUT2D eigenvalue weighted by Crippen LogP contribution is 2.36. The molecule has 194 valence electrons. The van der Waals surface area contributed by atoms with Gasteiger partial charge in [-0.3, -0.25) is 4.90 Å². The fraction of sp³-hybridized carbons (Fsp3) is 0.630. The second-order valence-electron chi connectivity index (χ2n) is 10.4. The number of anilines is 1. The van der Waals surface area contributed by atoms with E-state index in [4.69, 9.17) is 19.7 Å². The number of nitrogens with zero attached hydrogens (tertiary/aromatic N) is 5. The van der Waals surface area contributed by atoms with Gasteiger partial charge in [0.25, 0.3) is 0 Å². The first-order chi connectivity index (χ1) is 17.6. The van der Waals surface area contributed by atoms with E-state index in [1.807, 2.05) is 18.3 Å². The summed E-state index contributed by atoms with van der Waals surface area (Å²) in [7, 11) is 1.77. The van der Waals surface area contributed by atoms with Gasteiger partial charge in [0, 0.05) is 38.0 Å². The van der Waals surface area contributed by atoms with Gasteiger partial charge in [-0.15, -0.1) is 0 Å². The Bertz CT molecular complexity index is 1060. The van der Waals surface area contributed by atoms with E-state index in [1.165, 1.54) is 12.0 Å². The maximum atomic E-state index is 9.90. The van der Waals surface area contributed by atoms with Crippen molar-refractivity contribution in [1.82, 2.24) is 19.9 Å². The molecule has 2 aromatic rings. The predicted octanol–water partition coefficient (Wildman–Crippen LogP) is 4.92. The molecule has 2 fully saturated rings. The van der Waals surface area contributed by atoms with Crippen LogP contribution in [0, 0.1) is 0 Å².